The molecule has 0 bridgehead atoms. The van der Waals surface area contributed by atoms with Crippen molar-refractivity contribution in [3.63, 3.8) is 0 Å². The minimum atomic E-state index is -1.46. The lowest BCUT2D eigenvalue weighted by Crippen LogP contribution is -2.45. The van der Waals surface area contributed by atoms with Crippen LogP contribution in [0.3, 0.4) is 0 Å². The summed E-state index contributed by atoms with van der Waals surface area (Å²) in [4.78, 5) is 16.7. The van der Waals surface area contributed by atoms with Crippen LogP contribution < -0.4 is 36.6 Å². The van der Waals surface area contributed by atoms with E-state index in [9.17, 15) is 10.2 Å². The van der Waals surface area contributed by atoms with Gasteiger partial charge in [0.2, 0.25) is 13.6 Å². The Hall–Kier alpha value is -5.84. The quantitative estimate of drug-likeness (QED) is 0.159. The molecule has 11 N–H and O–H groups in total. The zero-order valence-corrected chi connectivity index (χ0v) is 33.9. The van der Waals surface area contributed by atoms with Crippen LogP contribution in [0.4, 0.5) is 11.6 Å². The fraction of sp³-hybridized carbons (Fsp3) is 0.429. The lowest BCUT2D eigenvalue weighted by molar-refractivity contribution is -0.209. The summed E-state index contributed by atoms with van der Waals surface area (Å²) in [5.41, 5.74) is 13.0. The van der Waals surface area contributed by atoms with Gasteiger partial charge in [-0.25, -0.2) is 19.9 Å². The number of rotatable bonds is 6. The van der Waals surface area contributed by atoms with E-state index in [-0.39, 0.29) is 44.8 Å². The number of benzene rings is 2. The van der Waals surface area contributed by atoms with E-state index >= 15 is 0 Å². The van der Waals surface area contributed by atoms with Gasteiger partial charge in [-0.2, -0.15) is 0 Å². The van der Waals surface area contributed by atoms with Crippen LogP contribution in [-0.2, 0) is 31.8 Å². The number of aliphatic hydroxyl groups is 2. The maximum atomic E-state index is 11.0. The molecule has 3 fully saturated rings. The van der Waals surface area contributed by atoms with E-state index in [1.54, 1.807) is 23.8 Å². The number of anilines is 2. The molecule has 5 aliphatic heterocycles. The summed E-state index contributed by atoms with van der Waals surface area (Å²) in [5, 5.41) is 23.2. The highest BCUT2D eigenvalue weighted by Crippen LogP contribution is 2.52. The number of fused-ring (bicyclic) bond motifs is 5. The highest BCUT2D eigenvalue weighted by molar-refractivity contribution is 5.86. The van der Waals surface area contributed by atoms with Gasteiger partial charge in [0.15, 0.2) is 41.2 Å². The van der Waals surface area contributed by atoms with Crippen molar-refractivity contribution in [1.29, 1.82) is 0 Å². The van der Waals surface area contributed by atoms with Crippen molar-refractivity contribution < 1.29 is 53.6 Å². The van der Waals surface area contributed by atoms with E-state index in [4.69, 9.17) is 49.4 Å². The first kappa shape index (κ1) is 44.2. The standard InChI is InChI=1S/C22H24N4O5.C19H20N4O5.CH4.H3N.H2O/c1-21(2)30-17-20(26-7-6-13-18(23)24-10-25-19(13)26)29-16(22(17,3)31-21)9-12-4-5-14-15(8-12)28-11-27-14;1-19(25)14(7-10-2-3-12-13(6-10)27-9-26-12)28-18(15(19)24)23-5-4-11-16(20)21-8-22-17(11)23;;;/h4-8,10,16-17,20H,9,11H2,1-3H3,(H2,23,24,25);2-6,8,14-15,18,24-25H,7,9H2,1H3,(H2,20,21,22);1H4;1H3;1H2/t16-,17+,20-,22-;14-,15+,18-,19-;;;/m11.../s1. The van der Waals surface area contributed by atoms with Gasteiger partial charge in [-0.15, -0.1) is 0 Å². The van der Waals surface area contributed by atoms with Gasteiger partial charge >= 0.3 is 0 Å². The van der Waals surface area contributed by atoms with Crippen LogP contribution in [0.15, 0.2) is 73.6 Å². The van der Waals surface area contributed by atoms with Gasteiger partial charge in [0.05, 0.1) is 23.0 Å². The van der Waals surface area contributed by atoms with Crippen molar-refractivity contribution in [3.8, 4) is 23.0 Å². The average Bonchev–Trinajstić information content (AvgIpc) is 4.07. The molecule has 2 aromatic carbocycles. The van der Waals surface area contributed by atoms with Crippen molar-refractivity contribution in [1.82, 2.24) is 35.2 Å². The molecule has 4 aromatic heterocycles. The van der Waals surface area contributed by atoms with E-state index < -0.39 is 41.7 Å². The summed E-state index contributed by atoms with van der Waals surface area (Å²) in [7, 11) is 0. The summed E-state index contributed by atoms with van der Waals surface area (Å²) in [5.74, 6) is 2.92. The predicted molar refractivity (Wildman–Crippen MR) is 225 cm³/mol. The number of hydrogen-bond acceptors (Lipinski definition) is 17. The Morgan fingerprint density at radius 1 is 0.694 bits per heavy atom. The third-order valence-electron chi connectivity index (χ3n) is 11.8. The number of hydrogen-bond donors (Lipinski definition) is 5. The van der Waals surface area contributed by atoms with Crippen LogP contribution >= 0.6 is 0 Å². The molecule has 62 heavy (non-hydrogen) atoms. The Labute approximate surface area is 356 Å². The number of ether oxygens (including phenoxy) is 8. The fourth-order valence-corrected chi connectivity index (χ4v) is 8.75. The van der Waals surface area contributed by atoms with Crippen molar-refractivity contribution >= 4 is 33.7 Å². The van der Waals surface area contributed by atoms with Gasteiger partial charge in [0, 0.05) is 25.2 Å². The minimum Gasteiger partial charge on any atom is -0.454 e. The molecular formula is C42H53N9O11. The SMILES string of the molecule is C.CC1(C)O[C@H]2[C@H](n3ccc4c(N)ncnc43)O[C@H](Cc3ccc4c(c3)OCO4)[C@@]2(C)O1.C[C@@]1(O)[C@@H](Cc2ccc3c(c2)OCO3)O[C@@H](n2ccc3c(N)ncnc32)[C@@H]1O.N.O. The van der Waals surface area contributed by atoms with Gasteiger partial charge in [-0.3, -0.25) is 0 Å². The first-order chi connectivity index (χ1) is 28.3. The normalized spacial score (nSPS) is 28.4. The lowest BCUT2D eigenvalue weighted by atomic mass is 9.90. The molecule has 6 aromatic rings. The Kier molecular flexibility index (Phi) is 11.5. The maximum Gasteiger partial charge on any atom is 0.231 e. The van der Waals surface area contributed by atoms with Crippen molar-refractivity contribution in [3.05, 3.63) is 84.7 Å². The summed E-state index contributed by atoms with van der Waals surface area (Å²) in [6.07, 6.45) is 3.90. The van der Waals surface area contributed by atoms with Crippen LogP contribution in [0.2, 0.25) is 0 Å². The van der Waals surface area contributed by atoms with E-state index in [1.807, 2.05) is 67.1 Å². The van der Waals surface area contributed by atoms with Crippen LogP contribution in [-0.4, -0.2) is 99.8 Å². The van der Waals surface area contributed by atoms with Crippen molar-refractivity contribution in [2.45, 2.75) is 102 Å². The summed E-state index contributed by atoms with van der Waals surface area (Å²) in [6, 6.07) is 15.2. The van der Waals surface area contributed by atoms with Crippen molar-refractivity contribution in [2.24, 2.45) is 0 Å². The maximum absolute atomic E-state index is 11.0. The molecule has 3 saturated heterocycles. The summed E-state index contributed by atoms with van der Waals surface area (Å²) >= 11 is 0. The van der Waals surface area contributed by atoms with Gasteiger partial charge < -0.3 is 80.3 Å². The molecule has 0 unspecified atom stereocenters. The highest BCUT2D eigenvalue weighted by Gasteiger charge is 2.64. The molecular weight excluding hydrogens is 807 g/mol. The minimum absolute atomic E-state index is 0. The Morgan fingerprint density at radius 3 is 1.73 bits per heavy atom. The highest BCUT2D eigenvalue weighted by atomic mass is 16.8. The molecule has 332 valence electrons. The Bertz CT molecular complexity index is 2580. The second kappa shape index (κ2) is 16.1. The van der Waals surface area contributed by atoms with Gasteiger partial charge in [0.1, 0.15) is 59.0 Å². The number of nitrogens with zero attached hydrogens (tertiary/aromatic N) is 6. The number of nitrogen functional groups attached to an aromatic ring is 2. The Balaban J connectivity index is 0.000000179. The van der Waals surface area contributed by atoms with Crippen LogP contribution in [0.1, 0.15) is 58.7 Å². The van der Waals surface area contributed by atoms with E-state index in [0.717, 1.165) is 28.0 Å². The summed E-state index contributed by atoms with van der Waals surface area (Å²) < 4.78 is 50.8. The van der Waals surface area contributed by atoms with Gasteiger partial charge in [0.25, 0.3) is 0 Å². The second-order valence-corrected chi connectivity index (χ2v) is 16.1. The first-order valence-electron chi connectivity index (χ1n) is 19.3. The number of aromatic nitrogens is 6. The topological polar surface area (TPSA) is 294 Å². The average molecular weight is 860 g/mol. The monoisotopic (exact) mass is 859 g/mol. The molecule has 0 saturated carbocycles. The van der Waals surface area contributed by atoms with Crippen molar-refractivity contribution in [2.75, 3.05) is 25.1 Å². The third kappa shape index (κ3) is 7.26. The molecule has 0 spiro atoms. The molecule has 5 aliphatic rings. The first-order valence-corrected chi connectivity index (χ1v) is 19.3. The molecule has 0 aliphatic carbocycles. The third-order valence-corrected chi connectivity index (χ3v) is 11.8. The van der Waals surface area contributed by atoms with Crippen LogP contribution in [0.25, 0.3) is 22.1 Å². The van der Waals surface area contributed by atoms with Gasteiger partial charge in [-0.05, 0) is 75.2 Å². The van der Waals surface area contributed by atoms with Crippen LogP contribution in [0, 0.1) is 0 Å². The molecule has 9 heterocycles. The second-order valence-electron chi connectivity index (χ2n) is 16.1. The lowest BCUT2D eigenvalue weighted by Gasteiger charge is -2.29. The molecule has 20 heteroatoms. The van der Waals surface area contributed by atoms with E-state index in [2.05, 4.69) is 26.9 Å². The zero-order chi connectivity index (χ0) is 40.8. The molecule has 0 radical (unpaired) electrons. The van der Waals surface area contributed by atoms with Crippen LogP contribution in [0.5, 0.6) is 23.0 Å². The molecule has 0 amide bonds. The number of aliphatic hydroxyl groups excluding tert-OH is 1. The fourth-order valence-electron chi connectivity index (χ4n) is 8.75. The van der Waals surface area contributed by atoms with E-state index in [0.29, 0.717) is 52.7 Å². The largest absolute Gasteiger partial charge is 0.454 e. The van der Waals surface area contributed by atoms with Gasteiger partial charge in [-0.1, -0.05) is 19.6 Å². The molecule has 8 atom stereocenters. The number of nitrogens with two attached hydrogens (primary N) is 2. The smallest absolute Gasteiger partial charge is 0.231 e. The molecule has 20 nitrogen and oxygen atoms in total. The predicted octanol–water partition coefficient (Wildman–Crippen LogP) is 3.76. The zero-order valence-electron chi connectivity index (χ0n) is 33.9. The Morgan fingerprint density at radius 2 is 1.18 bits per heavy atom. The summed E-state index contributed by atoms with van der Waals surface area (Å²) in [6.45, 7) is 7.93. The molecule has 11 rings (SSSR count). The van der Waals surface area contributed by atoms with E-state index in [1.165, 1.54) is 12.7 Å².